The second-order valence-corrected chi connectivity index (χ2v) is 6.82. The summed E-state index contributed by atoms with van der Waals surface area (Å²) in [6, 6.07) is 7.80. The van der Waals surface area contributed by atoms with Crippen molar-refractivity contribution in [1.82, 2.24) is 0 Å². The number of hydrogen-bond acceptors (Lipinski definition) is 2. The van der Waals surface area contributed by atoms with Crippen LogP contribution in [0.2, 0.25) is 0 Å². The quantitative estimate of drug-likeness (QED) is 0.902. The number of benzene rings is 1. The molecular weight excluding hydrogens is 244 g/mol. The van der Waals surface area contributed by atoms with Crippen molar-refractivity contribution in [3.8, 4) is 0 Å². The summed E-state index contributed by atoms with van der Waals surface area (Å²) in [6.45, 7) is 6.66. The summed E-state index contributed by atoms with van der Waals surface area (Å²) in [6.07, 6.45) is 6.38. The average molecular weight is 274 g/mol. The topological polar surface area (TPSA) is 29.3 Å². The van der Waals surface area contributed by atoms with Crippen molar-refractivity contribution >= 4 is 5.69 Å². The molecule has 0 radical (unpaired) electrons. The van der Waals surface area contributed by atoms with Gasteiger partial charge in [0.05, 0.1) is 0 Å². The Kier molecular flexibility index (Phi) is 5.09. The fourth-order valence-electron chi connectivity index (χ4n) is 3.32. The smallest absolute Gasteiger partial charge is 0.0368 e. The molecule has 0 aromatic heterocycles. The Balaban J connectivity index is 2.06. The van der Waals surface area contributed by atoms with Crippen molar-refractivity contribution < 1.29 is 0 Å². The van der Waals surface area contributed by atoms with Gasteiger partial charge in [0.25, 0.3) is 0 Å². The molecule has 1 saturated carbocycles. The normalized spacial score (nSPS) is 24.4. The zero-order chi connectivity index (χ0) is 14.7. The lowest BCUT2D eigenvalue weighted by molar-refractivity contribution is 0.341. The lowest BCUT2D eigenvalue weighted by atomic mass is 9.86. The minimum atomic E-state index is 0.233. The molecule has 1 aromatic carbocycles. The van der Waals surface area contributed by atoms with E-state index in [4.69, 9.17) is 5.73 Å². The van der Waals surface area contributed by atoms with Crippen LogP contribution in [0.3, 0.4) is 0 Å². The van der Waals surface area contributed by atoms with Gasteiger partial charge in [-0.05, 0) is 75.1 Å². The van der Waals surface area contributed by atoms with E-state index in [1.54, 1.807) is 0 Å². The van der Waals surface area contributed by atoms with Gasteiger partial charge in [0, 0.05) is 24.8 Å². The van der Waals surface area contributed by atoms with Crippen LogP contribution in [0, 0.1) is 12.8 Å². The van der Waals surface area contributed by atoms with Crippen LogP contribution in [0.15, 0.2) is 18.2 Å². The maximum atomic E-state index is 5.91. The molecule has 0 saturated heterocycles. The van der Waals surface area contributed by atoms with E-state index in [2.05, 4.69) is 50.9 Å². The number of anilines is 1. The fraction of sp³-hybridized carbons (Fsp3) is 0.667. The monoisotopic (exact) mass is 274 g/mol. The third-order valence-corrected chi connectivity index (χ3v) is 4.81. The van der Waals surface area contributed by atoms with Gasteiger partial charge in [-0.3, -0.25) is 0 Å². The molecule has 2 rings (SSSR count). The van der Waals surface area contributed by atoms with Crippen LogP contribution in [-0.2, 0) is 6.42 Å². The number of nitrogens with zero attached hydrogens (tertiary/aromatic N) is 1. The highest BCUT2D eigenvalue weighted by molar-refractivity contribution is 5.51. The van der Waals surface area contributed by atoms with Crippen molar-refractivity contribution in [3.05, 3.63) is 29.3 Å². The van der Waals surface area contributed by atoms with E-state index in [1.807, 2.05) is 0 Å². The number of rotatable bonds is 4. The molecule has 2 nitrogen and oxygen atoms in total. The van der Waals surface area contributed by atoms with Crippen LogP contribution in [0.4, 0.5) is 5.69 Å². The third kappa shape index (κ3) is 3.76. The molecule has 0 amide bonds. The first-order valence-corrected chi connectivity index (χ1v) is 8.05. The van der Waals surface area contributed by atoms with Crippen LogP contribution in [0.1, 0.15) is 50.7 Å². The third-order valence-electron chi connectivity index (χ3n) is 4.81. The summed E-state index contributed by atoms with van der Waals surface area (Å²) in [5, 5.41) is 0. The maximum Gasteiger partial charge on any atom is 0.0368 e. The summed E-state index contributed by atoms with van der Waals surface area (Å²) in [5.74, 6) is 0.912. The second-order valence-electron chi connectivity index (χ2n) is 6.82. The van der Waals surface area contributed by atoms with Gasteiger partial charge in [-0.15, -0.1) is 0 Å². The molecule has 0 heterocycles. The van der Waals surface area contributed by atoms with Crippen molar-refractivity contribution in [1.29, 1.82) is 0 Å². The molecule has 1 aliphatic carbocycles. The Morgan fingerprint density at radius 2 is 1.90 bits per heavy atom. The van der Waals surface area contributed by atoms with Gasteiger partial charge in [-0.1, -0.05) is 13.0 Å². The molecule has 1 aliphatic rings. The van der Waals surface area contributed by atoms with E-state index in [1.165, 1.54) is 42.5 Å². The molecule has 0 spiro atoms. The molecule has 0 aliphatic heterocycles. The van der Waals surface area contributed by atoms with Crippen molar-refractivity contribution in [3.63, 3.8) is 0 Å². The summed E-state index contributed by atoms with van der Waals surface area (Å²) in [7, 11) is 2.25. The Hall–Kier alpha value is -1.02. The molecule has 1 unspecified atom stereocenters. The van der Waals surface area contributed by atoms with E-state index >= 15 is 0 Å². The first-order chi connectivity index (χ1) is 9.47. The van der Waals surface area contributed by atoms with Gasteiger partial charge in [0.2, 0.25) is 0 Å². The van der Waals surface area contributed by atoms with E-state index in [0.717, 1.165) is 12.3 Å². The van der Waals surface area contributed by atoms with Crippen molar-refractivity contribution in [2.24, 2.45) is 11.7 Å². The van der Waals surface area contributed by atoms with E-state index in [9.17, 15) is 0 Å². The minimum absolute atomic E-state index is 0.233. The number of nitrogens with two attached hydrogens (primary N) is 1. The standard InChI is InChI=1S/C18H30N2/c1-13-5-8-17(9-6-13)20(4)18-10-7-16(12-15(3)19)14(2)11-18/h7,10-11,13,15,17H,5-6,8-9,12,19H2,1-4H3. The van der Waals surface area contributed by atoms with E-state index < -0.39 is 0 Å². The zero-order valence-corrected chi connectivity index (χ0v) is 13.5. The van der Waals surface area contributed by atoms with Crippen molar-refractivity contribution in [2.45, 2.75) is 65.0 Å². The van der Waals surface area contributed by atoms with Crippen LogP contribution >= 0.6 is 0 Å². The van der Waals surface area contributed by atoms with E-state index in [-0.39, 0.29) is 6.04 Å². The zero-order valence-electron chi connectivity index (χ0n) is 13.5. The molecule has 1 atom stereocenters. The molecule has 1 aromatic rings. The molecular formula is C18H30N2. The first-order valence-electron chi connectivity index (χ1n) is 8.05. The van der Waals surface area contributed by atoms with Crippen molar-refractivity contribution in [2.75, 3.05) is 11.9 Å². The molecule has 20 heavy (non-hydrogen) atoms. The second kappa shape index (κ2) is 6.62. The minimum Gasteiger partial charge on any atom is -0.372 e. The lowest BCUT2D eigenvalue weighted by Gasteiger charge is -2.35. The van der Waals surface area contributed by atoms with Crippen LogP contribution in [-0.4, -0.2) is 19.1 Å². The highest BCUT2D eigenvalue weighted by atomic mass is 15.1. The van der Waals surface area contributed by atoms with Crippen LogP contribution in [0.25, 0.3) is 0 Å². The molecule has 1 fully saturated rings. The lowest BCUT2D eigenvalue weighted by Crippen LogP contribution is -2.34. The van der Waals surface area contributed by atoms with Crippen LogP contribution < -0.4 is 10.6 Å². The molecule has 0 bridgehead atoms. The fourth-order valence-corrected chi connectivity index (χ4v) is 3.32. The largest absolute Gasteiger partial charge is 0.372 e. The first kappa shape index (κ1) is 15.4. The SMILES string of the molecule is Cc1cc(N(C)C2CCC(C)CC2)ccc1CC(C)N. The number of aryl methyl sites for hydroxylation is 1. The highest BCUT2D eigenvalue weighted by Crippen LogP contribution is 2.30. The van der Waals surface area contributed by atoms with Gasteiger partial charge >= 0.3 is 0 Å². The van der Waals surface area contributed by atoms with Gasteiger partial charge in [0.1, 0.15) is 0 Å². The molecule has 2 heteroatoms. The summed E-state index contributed by atoms with van der Waals surface area (Å²) >= 11 is 0. The predicted octanol–water partition coefficient (Wildman–Crippen LogP) is 3.90. The summed E-state index contributed by atoms with van der Waals surface area (Å²) in [5.41, 5.74) is 10.0. The van der Waals surface area contributed by atoms with Gasteiger partial charge in [-0.25, -0.2) is 0 Å². The molecule has 112 valence electrons. The van der Waals surface area contributed by atoms with E-state index in [0.29, 0.717) is 6.04 Å². The molecule has 2 N–H and O–H groups in total. The summed E-state index contributed by atoms with van der Waals surface area (Å²) < 4.78 is 0. The van der Waals surface area contributed by atoms with Gasteiger partial charge in [0.15, 0.2) is 0 Å². The van der Waals surface area contributed by atoms with Gasteiger partial charge in [-0.2, -0.15) is 0 Å². The maximum absolute atomic E-state index is 5.91. The summed E-state index contributed by atoms with van der Waals surface area (Å²) in [4.78, 5) is 2.48. The number of hydrogen-bond donors (Lipinski definition) is 1. The Bertz CT molecular complexity index is 431. The van der Waals surface area contributed by atoms with Crippen LogP contribution in [0.5, 0.6) is 0 Å². The Labute approximate surface area is 124 Å². The highest BCUT2D eigenvalue weighted by Gasteiger charge is 2.22. The Morgan fingerprint density at radius 1 is 1.25 bits per heavy atom. The Morgan fingerprint density at radius 3 is 2.45 bits per heavy atom. The van der Waals surface area contributed by atoms with Gasteiger partial charge < -0.3 is 10.6 Å². The predicted molar refractivity (Wildman–Crippen MR) is 88.4 cm³/mol. The average Bonchev–Trinajstić information content (AvgIpc) is 2.41.